The molecule has 8 rings (SSSR count). The number of fused-ring (bicyclic) bond motifs is 12. The maximum Gasteiger partial charge on any atom is 0.330 e. The van der Waals surface area contributed by atoms with Crippen LogP contribution in [0.5, 0.6) is 0 Å². The molecule has 0 aliphatic carbocycles. The molecule has 0 amide bonds. The van der Waals surface area contributed by atoms with Gasteiger partial charge < -0.3 is 112 Å². The van der Waals surface area contributed by atoms with Gasteiger partial charge in [-0.05, 0) is 75.9 Å². The Morgan fingerprint density at radius 2 is 1.00 bits per heavy atom. The van der Waals surface area contributed by atoms with Crippen LogP contribution in [0.25, 0.3) is 0 Å². The summed E-state index contributed by atoms with van der Waals surface area (Å²) in [6.45, 7) is 34.4. The van der Waals surface area contributed by atoms with Crippen molar-refractivity contribution in [1.29, 1.82) is 0 Å². The number of unbranched alkanes of at least 4 members (excludes halogenated alkanes) is 4. The van der Waals surface area contributed by atoms with Gasteiger partial charge in [0.25, 0.3) is 0 Å². The summed E-state index contributed by atoms with van der Waals surface area (Å²) >= 11 is 0. The molecule has 6 fully saturated rings. The molecule has 0 aromatic rings. The van der Waals surface area contributed by atoms with E-state index in [9.17, 15) is 74.4 Å². The van der Waals surface area contributed by atoms with Crippen LogP contribution in [0.3, 0.4) is 0 Å². The fourth-order valence-corrected chi connectivity index (χ4v) is 17.4. The van der Waals surface area contributed by atoms with Gasteiger partial charge >= 0.3 is 35.8 Å². The van der Waals surface area contributed by atoms with Crippen LogP contribution in [0.15, 0.2) is 84.4 Å². The molecule has 0 spiro atoms. The van der Waals surface area contributed by atoms with Crippen LogP contribution in [0.2, 0.25) is 0 Å². The number of esters is 6. The van der Waals surface area contributed by atoms with E-state index in [2.05, 4.69) is 26.7 Å². The molecule has 0 aromatic carbocycles. The fourth-order valence-electron chi connectivity index (χ4n) is 17.4. The summed E-state index contributed by atoms with van der Waals surface area (Å²) in [5.41, 5.74) is -3.61. The van der Waals surface area contributed by atoms with E-state index in [4.69, 9.17) is 66.3 Å². The van der Waals surface area contributed by atoms with Gasteiger partial charge in [-0.25, -0.2) is 9.59 Å². The third kappa shape index (κ3) is 25.2. The predicted octanol–water partition coefficient (Wildman–Crippen LogP) is 9.65. The van der Waals surface area contributed by atoms with Crippen LogP contribution in [0.1, 0.15) is 245 Å². The van der Waals surface area contributed by atoms with Gasteiger partial charge in [-0.2, -0.15) is 0 Å². The summed E-state index contributed by atoms with van der Waals surface area (Å²) in [5.74, 6) is -12.1. The fraction of sp³-hybridized carbons (Fsp3) is 0.759. The largest absolute Gasteiger partial charge is 0.493 e. The van der Waals surface area contributed by atoms with Crippen LogP contribution in [0, 0.1) is 27.6 Å². The van der Waals surface area contributed by atoms with Gasteiger partial charge in [0.2, 0.25) is 11.6 Å². The molecular weight excluding hydrogens is 1510 g/mol. The number of ether oxygens (including phenoxy) is 14. The lowest BCUT2D eigenvalue weighted by atomic mass is 9.70. The van der Waals surface area contributed by atoms with Crippen molar-refractivity contribution in [3.05, 3.63) is 84.4 Å². The first-order chi connectivity index (χ1) is 54.0. The zero-order chi connectivity index (χ0) is 86.4. The number of aliphatic hydroxyl groups excluding tert-OH is 4. The van der Waals surface area contributed by atoms with E-state index in [-0.39, 0.29) is 124 Å². The Kier molecular flexibility index (Phi) is 34.1. The Labute approximate surface area is 683 Å². The van der Waals surface area contributed by atoms with Crippen LogP contribution >= 0.6 is 0 Å². The van der Waals surface area contributed by atoms with Crippen molar-refractivity contribution in [2.75, 3.05) is 20.8 Å². The van der Waals surface area contributed by atoms with E-state index in [1.54, 1.807) is 79.7 Å². The van der Waals surface area contributed by atoms with Gasteiger partial charge in [-0.1, -0.05) is 138 Å². The molecule has 0 radical (unpaired) electrons. The van der Waals surface area contributed by atoms with Gasteiger partial charge in [0.15, 0.2) is 23.8 Å². The molecule has 8 aliphatic heterocycles. The first-order valence-electron chi connectivity index (χ1n) is 41.1. The monoisotopic (exact) mass is 1640 g/mol. The molecule has 116 heavy (non-hydrogen) atoms. The highest BCUT2D eigenvalue weighted by molar-refractivity contribution is 5.84. The van der Waals surface area contributed by atoms with E-state index in [0.29, 0.717) is 32.1 Å². The Hall–Kier alpha value is -6.29. The smallest absolute Gasteiger partial charge is 0.330 e. The maximum atomic E-state index is 13.4. The topological polar surface area (TPSA) is 411 Å². The summed E-state index contributed by atoms with van der Waals surface area (Å²) < 4.78 is 84.4. The summed E-state index contributed by atoms with van der Waals surface area (Å²) in [6, 6.07) is 0. The maximum absolute atomic E-state index is 13.4. The molecule has 22 atom stereocenters. The van der Waals surface area contributed by atoms with E-state index in [1.807, 2.05) is 0 Å². The second-order valence-corrected chi connectivity index (χ2v) is 35.6. The van der Waals surface area contributed by atoms with E-state index in [1.165, 1.54) is 54.9 Å². The summed E-state index contributed by atoms with van der Waals surface area (Å²) in [6.07, 6.45) is 0.757. The van der Waals surface area contributed by atoms with Crippen molar-refractivity contribution in [1.82, 2.24) is 0 Å². The summed E-state index contributed by atoms with van der Waals surface area (Å²) in [4.78, 5) is 88.4. The molecular formula is C87H134O29. The minimum absolute atomic E-state index is 0.00873. The molecule has 8 heterocycles. The van der Waals surface area contributed by atoms with Crippen LogP contribution in [-0.4, -0.2) is 230 Å². The first-order valence-corrected chi connectivity index (χ1v) is 41.1. The number of carbonyl (C=O) groups excluding carboxylic acids is 7. The van der Waals surface area contributed by atoms with Crippen molar-refractivity contribution in [3.8, 4) is 0 Å². The average Bonchev–Trinajstić information content (AvgIpc) is 0.771. The first kappa shape index (κ1) is 96.8. The second-order valence-electron chi connectivity index (χ2n) is 35.6. The Morgan fingerprint density at radius 3 is 1.47 bits per heavy atom. The third-order valence-corrected chi connectivity index (χ3v) is 24.1. The van der Waals surface area contributed by atoms with E-state index >= 15 is 0 Å². The number of carbonyl (C=O) groups is 7. The molecule has 29 heteroatoms. The number of aliphatic hydroxyl groups is 8. The van der Waals surface area contributed by atoms with Crippen LogP contribution < -0.4 is 0 Å². The summed E-state index contributed by atoms with van der Waals surface area (Å²) in [7, 11) is 2.42. The summed E-state index contributed by atoms with van der Waals surface area (Å²) in [5, 5.41) is 94.3. The lowest BCUT2D eigenvalue weighted by Gasteiger charge is -2.54. The molecule has 8 N–H and O–H groups in total. The lowest BCUT2D eigenvalue weighted by molar-refractivity contribution is -0.350. The highest BCUT2D eigenvalue weighted by Crippen LogP contribution is 2.54. The van der Waals surface area contributed by atoms with Gasteiger partial charge in [-0.15, -0.1) is 0 Å². The van der Waals surface area contributed by atoms with Crippen LogP contribution in [0.4, 0.5) is 0 Å². The van der Waals surface area contributed by atoms with Crippen LogP contribution in [-0.2, 0) is 99.9 Å². The molecule has 656 valence electrons. The quantitative estimate of drug-likeness (QED) is 0.0234. The standard InChI is InChI=1S/C45H70O14.C42H64O15/c1-10-11-12-13-14-15-39(49)57-41-31(22-40(50)53-9)21-34-24-37(27-46)54-29(3)20-32(48)23-35-25-38(55-30(4)47)43(7,8)44(51,58-35)26-36-19-28(2)18-33(56-36)16-17-42(5,6)45(41,52)59-34;1-23(43)13-28-15-31-11-12-39(6,7)42(50)38(54-27(5)46)29(18-37(48)51-10)17-32(57-42)20-35(25(3)44)52-24(2)14-30(47)19-33-21-36(53-26(4)45)40(8,9)41(49,56-33)22-34(16-28)55-31/h16-17,22,32-38,41,46,48,51-52H,2-3,10-15,18-21,23-27H2,1,4-9H3;11-12,18,25,28,30-36,38,44,47,49-50H,2,13-17,19-22H2,1,3-10H3/b17-16+,31-22+;12-11+,29-18+/t32-,33-,34-,35+,36-,37?,38-,41-,44-,45+;25-,28-,30+,31+,32+,33-,34+,35?,36+,38+,41+,42-/m01/s1. The molecule has 6 saturated heterocycles. The molecule has 2 unspecified atom stereocenters. The number of Topliss-reactive ketones (excluding diaryl/α,β-unsaturated/α-hetero) is 1. The minimum atomic E-state index is -2.31. The SMILES string of the molecule is C=C1C[C@H](O)C[C@@H]2C[C@H](OC(C)=O)C(C)(C)[C@](O)(C[C@@H]3C[C@H](CC(C)=O)C[C@H](/C=C/C(C)(C)[C@]4(O)O[C@@H](C/C(=C\C(=O)OC)[C@@H]4OC(C)=O)CC([C@@H](C)O)O1)O3)O2.C=C1C[C@H]2C[C@]3(O)O[C@H](C[C@@H](O)CC(=C)OC(CO)C[C@@H]4C/C(=C\C(=O)OC)[C@H](OC(=O)CCCCCCC)[C@@](O)(O4)C(C)(C)/C=C/[C@@H](C1)O2)C[C@H](OC(C)=O)C3(C)C. The number of hydrogen-bond donors (Lipinski definition) is 8. The van der Waals surface area contributed by atoms with Gasteiger partial charge in [-0.3, -0.25) is 19.2 Å². The predicted molar refractivity (Wildman–Crippen MR) is 421 cm³/mol. The van der Waals surface area contributed by atoms with E-state index in [0.717, 1.165) is 37.3 Å². The zero-order valence-corrected chi connectivity index (χ0v) is 71.1. The zero-order valence-electron chi connectivity index (χ0n) is 71.1. The molecule has 0 aromatic heterocycles. The van der Waals surface area contributed by atoms with Crippen molar-refractivity contribution >= 4 is 41.6 Å². The molecule has 8 aliphatic rings. The number of ketones is 1. The Morgan fingerprint density at radius 1 is 0.534 bits per heavy atom. The number of rotatable bonds is 16. The molecule has 0 saturated carbocycles. The highest BCUT2D eigenvalue weighted by atomic mass is 16.7. The van der Waals surface area contributed by atoms with Gasteiger partial charge in [0.1, 0.15) is 30.2 Å². The average molecular weight is 1640 g/mol. The number of methoxy groups -OCH3 is 2. The van der Waals surface area contributed by atoms with Crippen molar-refractivity contribution in [3.63, 3.8) is 0 Å². The lowest BCUT2D eigenvalue weighted by Crippen LogP contribution is -2.62. The van der Waals surface area contributed by atoms with Crippen molar-refractivity contribution in [2.45, 2.75) is 372 Å². The molecule has 12 bridgehead atoms. The molecule has 29 nitrogen and oxygen atoms in total. The second kappa shape index (κ2) is 40.8. The Bertz CT molecular complexity index is 3550. The van der Waals surface area contributed by atoms with Gasteiger partial charge in [0, 0.05) is 121 Å². The third-order valence-electron chi connectivity index (χ3n) is 24.1. The van der Waals surface area contributed by atoms with Gasteiger partial charge in [0.05, 0.1) is 110 Å². The number of hydrogen-bond acceptors (Lipinski definition) is 29. The Balaban J connectivity index is 0.000000321. The highest BCUT2D eigenvalue weighted by Gasteiger charge is 2.63. The van der Waals surface area contributed by atoms with Crippen molar-refractivity contribution < 1.29 is 141 Å². The normalized spacial score (nSPS) is 37.7. The van der Waals surface area contributed by atoms with Crippen molar-refractivity contribution in [2.24, 2.45) is 27.6 Å². The minimum Gasteiger partial charge on any atom is -0.493 e. The van der Waals surface area contributed by atoms with E-state index < -0.39 is 191 Å².